The fourth-order valence-corrected chi connectivity index (χ4v) is 24.7. The fourth-order valence-electron chi connectivity index (χ4n) is 24.2. The Kier molecular flexibility index (Phi) is 18.9. The molecular formula is C136H103BrN2. The second-order valence-electron chi connectivity index (χ2n) is 42.9. The van der Waals surface area contributed by atoms with Crippen LogP contribution in [-0.4, -0.2) is 0 Å². The predicted octanol–water partition coefficient (Wildman–Crippen LogP) is 40.3. The molecule has 0 unspecified atom stereocenters. The molecule has 0 radical (unpaired) electrons. The van der Waals surface area contributed by atoms with Crippen molar-refractivity contribution in [1.82, 2.24) is 0 Å². The number of rotatable bonds is 9. The van der Waals surface area contributed by atoms with Crippen LogP contribution in [0.15, 0.2) is 405 Å². The van der Waals surface area contributed by atoms with Gasteiger partial charge < -0.3 is 10.2 Å². The minimum Gasteiger partial charge on any atom is -0.356 e. The van der Waals surface area contributed by atoms with Gasteiger partial charge in [0.15, 0.2) is 0 Å². The molecule has 1 N–H and O–H groups in total. The van der Waals surface area contributed by atoms with Gasteiger partial charge in [0.2, 0.25) is 0 Å². The average molecular weight is 1850 g/mol. The van der Waals surface area contributed by atoms with Gasteiger partial charge in [-0.15, -0.1) is 0 Å². The van der Waals surface area contributed by atoms with E-state index in [1.165, 1.54) is 266 Å². The van der Waals surface area contributed by atoms with Crippen LogP contribution in [0.5, 0.6) is 0 Å². The van der Waals surface area contributed by atoms with Gasteiger partial charge in [-0.1, -0.05) is 439 Å². The number of hydrogen-bond acceptors (Lipinski definition) is 2. The van der Waals surface area contributed by atoms with Gasteiger partial charge in [-0.3, -0.25) is 0 Å². The van der Waals surface area contributed by atoms with Gasteiger partial charge in [0, 0.05) is 32.6 Å². The second-order valence-corrected chi connectivity index (χ2v) is 43.8. The van der Waals surface area contributed by atoms with Crippen LogP contribution >= 0.6 is 15.9 Å². The maximum absolute atomic E-state index is 3.91. The van der Waals surface area contributed by atoms with E-state index in [0.29, 0.717) is 0 Å². The van der Waals surface area contributed by atoms with Crippen molar-refractivity contribution in [3.8, 4) is 44.5 Å². The molecule has 139 heavy (non-hydrogen) atoms. The summed E-state index contributed by atoms with van der Waals surface area (Å²) in [6.45, 7) is 27.2. The highest BCUT2D eigenvalue weighted by Crippen LogP contribution is 2.62. The van der Waals surface area contributed by atoms with Crippen molar-refractivity contribution in [2.45, 2.75) is 105 Å². The SMILES string of the molecule is Brc1ccc2c3c(-c4ccccc4)c4c5ccc6c7cccc8cccc(c9ccc(c4c(-c4ccccc4)c3c3cccc1c32)c5c96)c87.CC(C)(C)c1ccc(N(c2ccc(C(C)(C)C)cc2)c2ccc3c4c(-c5ccccc5)c5c6ccc7c8cccc9cccc(c%10ccc(c5c(-c5ccccc5)c4c4cccc2c43)c6c%107)c98)cc1.CC(C)(C)c1ccc(Nc2ccc(C(C)(C)C)cc2)cc1. The van der Waals surface area contributed by atoms with Crippen molar-refractivity contribution >= 4 is 238 Å². The summed E-state index contributed by atoms with van der Waals surface area (Å²) in [6, 6.07) is 150. The summed E-state index contributed by atoms with van der Waals surface area (Å²) in [7, 11) is 0. The molecule has 0 aliphatic carbocycles. The molecule has 28 aromatic rings. The van der Waals surface area contributed by atoms with Gasteiger partial charge in [0.25, 0.3) is 0 Å². The molecular weight excluding hydrogens is 1740 g/mol. The molecule has 28 rings (SSSR count). The quantitative estimate of drug-likeness (QED) is 0.114. The van der Waals surface area contributed by atoms with Crippen molar-refractivity contribution in [3.63, 3.8) is 0 Å². The molecule has 3 heteroatoms. The monoisotopic (exact) mass is 1840 g/mol. The summed E-state index contributed by atoms with van der Waals surface area (Å²) in [5.41, 5.74) is 21.8. The highest BCUT2D eigenvalue weighted by Gasteiger charge is 2.34. The molecule has 0 saturated carbocycles. The first kappa shape index (κ1) is 84.0. The number of hydrogen-bond donors (Lipinski definition) is 1. The first-order valence-corrected chi connectivity index (χ1v) is 50.0. The highest BCUT2D eigenvalue weighted by molar-refractivity contribution is 9.10. The predicted molar refractivity (Wildman–Crippen MR) is 610 cm³/mol. The molecule has 664 valence electrons. The van der Waals surface area contributed by atoms with E-state index in [4.69, 9.17) is 0 Å². The minimum atomic E-state index is 0.0465. The van der Waals surface area contributed by atoms with E-state index >= 15 is 0 Å². The first-order valence-electron chi connectivity index (χ1n) is 49.2. The van der Waals surface area contributed by atoms with Crippen LogP contribution < -0.4 is 10.2 Å². The zero-order chi connectivity index (χ0) is 94.1. The Morgan fingerprint density at radius 2 is 0.396 bits per heavy atom. The summed E-state index contributed by atoms with van der Waals surface area (Å²) in [5, 5.41) is 51.2. The molecule has 28 aromatic carbocycles. The average Bonchev–Trinajstić information content (AvgIpc) is 1.52. The molecule has 0 amide bonds. The van der Waals surface area contributed by atoms with Crippen LogP contribution in [0, 0.1) is 0 Å². The molecule has 0 aliphatic rings. The van der Waals surface area contributed by atoms with Crippen molar-refractivity contribution < 1.29 is 0 Å². The first-order chi connectivity index (χ1) is 67.5. The van der Waals surface area contributed by atoms with Gasteiger partial charge in [0.05, 0.1) is 5.69 Å². The summed E-state index contributed by atoms with van der Waals surface area (Å²) in [4.78, 5) is 2.48. The summed E-state index contributed by atoms with van der Waals surface area (Å²) in [6.07, 6.45) is 0. The van der Waals surface area contributed by atoms with E-state index in [1.807, 2.05) is 0 Å². The van der Waals surface area contributed by atoms with Crippen LogP contribution in [0.25, 0.3) is 238 Å². The number of nitrogens with one attached hydrogen (secondary N) is 1. The third-order valence-electron chi connectivity index (χ3n) is 30.7. The molecule has 0 bridgehead atoms. The Morgan fingerprint density at radius 1 is 0.173 bits per heavy atom. The number of nitrogens with zero attached hydrogens (tertiary/aromatic N) is 1. The van der Waals surface area contributed by atoms with Crippen molar-refractivity contribution in [1.29, 1.82) is 0 Å². The van der Waals surface area contributed by atoms with Gasteiger partial charge in [-0.25, -0.2) is 0 Å². The number of benzene rings is 24. The lowest BCUT2D eigenvalue weighted by Gasteiger charge is -2.29. The van der Waals surface area contributed by atoms with Crippen molar-refractivity contribution in [2.24, 2.45) is 0 Å². The Labute approximate surface area is 818 Å². The lowest BCUT2D eigenvalue weighted by Crippen LogP contribution is -2.14. The Morgan fingerprint density at radius 3 is 0.705 bits per heavy atom. The molecule has 0 spiro atoms. The lowest BCUT2D eigenvalue weighted by molar-refractivity contribution is 0.590. The normalized spacial score (nSPS) is 12.6. The maximum Gasteiger partial charge on any atom is 0.0540 e. The molecule has 0 aromatic heterocycles. The molecule has 0 fully saturated rings. The summed E-state index contributed by atoms with van der Waals surface area (Å²) in [5.74, 6) is 0. The second kappa shape index (κ2) is 31.3. The van der Waals surface area contributed by atoms with E-state index in [9.17, 15) is 0 Å². The van der Waals surface area contributed by atoms with Crippen LogP contribution in [-0.2, 0) is 21.7 Å². The Balaban J connectivity index is 0.000000123. The van der Waals surface area contributed by atoms with Gasteiger partial charge in [0.1, 0.15) is 0 Å². The van der Waals surface area contributed by atoms with Crippen LogP contribution in [0.3, 0.4) is 0 Å². The third-order valence-corrected chi connectivity index (χ3v) is 31.4. The van der Waals surface area contributed by atoms with Crippen molar-refractivity contribution in [2.75, 3.05) is 10.2 Å². The smallest absolute Gasteiger partial charge is 0.0540 e. The van der Waals surface area contributed by atoms with E-state index in [0.717, 1.165) is 27.2 Å². The van der Waals surface area contributed by atoms with Gasteiger partial charge >= 0.3 is 0 Å². The fraction of sp³-hybridized carbons (Fsp3) is 0.118. The molecule has 0 aliphatic heterocycles. The van der Waals surface area contributed by atoms with Gasteiger partial charge in [-0.05, 0) is 338 Å². The topological polar surface area (TPSA) is 15.3 Å². The number of halogens is 1. The molecule has 0 heterocycles. The van der Waals surface area contributed by atoms with Crippen LogP contribution in [0.4, 0.5) is 28.4 Å². The molecule has 2 nitrogen and oxygen atoms in total. The van der Waals surface area contributed by atoms with E-state index in [2.05, 4.69) is 510 Å². The summed E-state index contributed by atoms with van der Waals surface area (Å²) >= 11 is 3.91. The number of anilines is 5. The van der Waals surface area contributed by atoms with Crippen molar-refractivity contribution in [3.05, 3.63) is 427 Å². The minimum absolute atomic E-state index is 0.0465. The Hall–Kier alpha value is -15.5. The largest absolute Gasteiger partial charge is 0.356 e. The Bertz CT molecular complexity index is 9280. The van der Waals surface area contributed by atoms with E-state index < -0.39 is 0 Å². The standard InChI is InChI=1S/C68H51N.C48H25Br.C20H27N/c1-67(2,3)43-26-30-45(31-27-43)69(46-32-28-44(29-33-46)68(4,5)6)56-39-38-53-60-51(56)24-15-25-52(60)63-58(41-16-9-7-10-17-41)65-54-36-34-49-47-22-13-20-40-21-14-23-48(57(40)47)50-35-37-55(62(54)61(49)50)66(65)59(64(53)63)42-18-11-8-12-19-42;49-38-25-24-35-42-33(38)18-9-19-34(42)45-40(27-10-3-1-4-11-27)47-36-22-20-31-29-16-7-14-26-15-8-17-30(39(26)29)32-21-23-37(44(36)43(31)32)48(47)41(46(35)45)28-12-5-2-6-13-28;1-19(2,3)15-7-11-17(12-8-15)21-18-13-9-16(10-14-18)20(4,5)6/h7-39H,1-6H3;1-25H;7-14,21H,1-6H3. The maximum atomic E-state index is 3.91. The lowest BCUT2D eigenvalue weighted by atomic mass is 9.86. The van der Waals surface area contributed by atoms with E-state index in [-0.39, 0.29) is 21.7 Å². The zero-order valence-corrected chi connectivity index (χ0v) is 82.0. The number of fused-ring (bicyclic) bond motifs is 16. The van der Waals surface area contributed by atoms with Crippen LogP contribution in [0.2, 0.25) is 0 Å². The zero-order valence-electron chi connectivity index (χ0n) is 80.4. The molecule has 0 atom stereocenters. The summed E-state index contributed by atoms with van der Waals surface area (Å²) < 4.78 is 1.14. The van der Waals surface area contributed by atoms with Gasteiger partial charge in [-0.2, -0.15) is 0 Å². The highest BCUT2D eigenvalue weighted by atomic mass is 79.9. The van der Waals surface area contributed by atoms with Crippen LogP contribution in [0.1, 0.15) is 105 Å². The molecule has 0 saturated heterocycles. The van der Waals surface area contributed by atoms with E-state index in [1.54, 1.807) is 0 Å². The third kappa shape index (κ3) is 13.0.